The summed E-state index contributed by atoms with van der Waals surface area (Å²) in [5, 5.41) is 16.6. The minimum Gasteiger partial charge on any atom is -0.480 e. The van der Waals surface area contributed by atoms with Crippen molar-refractivity contribution in [2.24, 2.45) is 5.92 Å². The van der Waals surface area contributed by atoms with Crippen molar-refractivity contribution < 1.29 is 33.6 Å². The van der Waals surface area contributed by atoms with Crippen molar-refractivity contribution in [3.63, 3.8) is 0 Å². The van der Waals surface area contributed by atoms with Gasteiger partial charge in [0.2, 0.25) is 0 Å². The summed E-state index contributed by atoms with van der Waals surface area (Å²) in [7, 11) is 3.24. The molecule has 188 valence electrons. The lowest BCUT2D eigenvalue weighted by Crippen LogP contribution is -2.56. The first-order valence-electron chi connectivity index (χ1n) is 11.6. The highest BCUT2D eigenvalue weighted by Crippen LogP contribution is 2.59. The van der Waals surface area contributed by atoms with E-state index < -0.39 is 23.8 Å². The number of aliphatic carboxylic acids is 1. The van der Waals surface area contributed by atoms with Crippen molar-refractivity contribution in [2.75, 3.05) is 20.8 Å². The Hall–Kier alpha value is -2.50. The molecular weight excluding hydrogens is 444 g/mol. The third-order valence-corrected chi connectivity index (χ3v) is 7.08. The van der Waals surface area contributed by atoms with E-state index in [2.05, 4.69) is 37.2 Å². The van der Waals surface area contributed by atoms with Gasteiger partial charge in [-0.25, -0.2) is 9.48 Å². The van der Waals surface area contributed by atoms with Crippen LogP contribution in [0.25, 0.3) is 0 Å². The fourth-order valence-corrected chi connectivity index (χ4v) is 5.22. The zero-order valence-corrected chi connectivity index (χ0v) is 20.4. The molecule has 1 N–H and O–H groups in total. The Kier molecular flexibility index (Phi) is 6.71. The van der Waals surface area contributed by atoms with E-state index >= 15 is 0 Å². The molecule has 0 aromatic carbocycles. The molecular formula is C23H34N4O7. The van der Waals surface area contributed by atoms with E-state index in [0.29, 0.717) is 18.7 Å². The summed E-state index contributed by atoms with van der Waals surface area (Å²) in [5.74, 6) is -1.07. The van der Waals surface area contributed by atoms with E-state index in [1.165, 1.54) is 21.4 Å². The Labute approximate surface area is 199 Å². The molecule has 34 heavy (non-hydrogen) atoms. The molecule has 1 aromatic rings. The second-order valence-electron chi connectivity index (χ2n) is 9.96. The third kappa shape index (κ3) is 4.96. The average molecular weight is 479 g/mol. The molecule has 1 spiro atoms. The number of carboxylic acids is 1. The summed E-state index contributed by atoms with van der Waals surface area (Å²) >= 11 is 0. The summed E-state index contributed by atoms with van der Waals surface area (Å²) in [6.45, 7) is 6.76. The number of hydrogen-bond acceptors (Lipinski definition) is 8. The topological polar surface area (TPSA) is 132 Å². The molecule has 1 amide bonds. The first kappa shape index (κ1) is 24.6. The van der Waals surface area contributed by atoms with E-state index in [1.807, 2.05) is 0 Å². The smallest absolute Gasteiger partial charge is 0.410 e. The molecule has 3 fully saturated rings. The zero-order valence-electron chi connectivity index (χ0n) is 20.4. The number of carbonyl (C=O) groups is 2. The van der Waals surface area contributed by atoms with Crippen LogP contribution in [-0.2, 0) is 36.8 Å². The van der Waals surface area contributed by atoms with Gasteiger partial charge in [0.15, 0.2) is 0 Å². The number of allylic oxidation sites excluding steroid dienone is 1. The molecule has 11 heteroatoms. The molecule has 3 heterocycles. The van der Waals surface area contributed by atoms with Crippen molar-refractivity contribution in [3.05, 3.63) is 23.5 Å². The molecule has 1 saturated carbocycles. The minimum atomic E-state index is -1.02. The Balaban J connectivity index is 1.41. The zero-order chi connectivity index (χ0) is 24.7. The number of carboxylic acid groups (broad SMARTS) is 1. The predicted octanol–water partition coefficient (Wildman–Crippen LogP) is 2.01. The highest BCUT2D eigenvalue weighted by molar-refractivity contribution is 5.67. The standard InChI is InChI=1S/C23H34N4O7/c1-14(2)6-7-17-22(3,34-17)20-19(31-5)16(8-9-23(20)13-32-23)33-21(30)26(4)10-15-11-27(25-24-15)12-18(28)29/h6,11,16-17,19-20H,7-10,12-13H2,1-5H3,(H,28,29)/t16-,17-,19-,20-,22+,23+/m1/s1. The summed E-state index contributed by atoms with van der Waals surface area (Å²) in [4.78, 5) is 25.1. The number of ether oxygens (including phenoxy) is 4. The fraction of sp³-hybridized carbons (Fsp3) is 0.739. The van der Waals surface area contributed by atoms with Gasteiger partial charge >= 0.3 is 12.1 Å². The SMILES string of the molecule is CO[C@@H]1[C@H](OC(=O)N(C)Cc2cn(CC(=O)O)nn2)CC[C@]2(CO2)[C@H]1[C@@]1(C)O[C@@H]1CC=C(C)C. The van der Waals surface area contributed by atoms with Gasteiger partial charge in [-0.15, -0.1) is 5.10 Å². The number of methoxy groups -OCH3 is 1. The van der Waals surface area contributed by atoms with Crippen LogP contribution in [0.4, 0.5) is 4.79 Å². The first-order chi connectivity index (χ1) is 16.1. The van der Waals surface area contributed by atoms with Crippen LogP contribution in [0.1, 0.15) is 45.7 Å². The van der Waals surface area contributed by atoms with Crippen molar-refractivity contribution in [1.29, 1.82) is 0 Å². The number of epoxide rings is 2. The molecule has 0 unspecified atom stereocenters. The lowest BCUT2D eigenvalue weighted by molar-refractivity contribution is -0.137. The van der Waals surface area contributed by atoms with Crippen LogP contribution in [-0.4, -0.2) is 87.3 Å². The molecule has 1 aromatic heterocycles. The number of hydrogen-bond donors (Lipinski definition) is 1. The molecule has 3 aliphatic rings. The Morgan fingerprint density at radius 3 is 2.76 bits per heavy atom. The summed E-state index contributed by atoms with van der Waals surface area (Å²) < 4.78 is 25.2. The van der Waals surface area contributed by atoms with Crippen molar-refractivity contribution in [1.82, 2.24) is 19.9 Å². The van der Waals surface area contributed by atoms with E-state index in [9.17, 15) is 9.59 Å². The van der Waals surface area contributed by atoms with Crippen molar-refractivity contribution >= 4 is 12.1 Å². The maximum atomic E-state index is 12.9. The monoisotopic (exact) mass is 478 g/mol. The van der Waals surface area contributed by atoms with Gasteiger partial charge in [-0.2, -0.15) is 0 Å². The van der Waals surface area contributed by atoms with Gasteiger partial charge in [-0.05, 0) is 40.0 Å². The minimum absolute atomic E-state index is 0.0478. The lowest BCUT2D eigenvalue weighted by atomic mass is 9.68. The Morgan fingerprint density at radius 1 is 1.41 bits per heavy atom. The van der Waals surface area contributed by atoms with Gasteiger partial charge in [-0.1, -0.05) is 16.9 Å². The van der Waals surface area contributed by atoms with E-state index in [1.54, 1.807) is 14.2 Å². The lowest BCUT2D eigenvalue weighted by Gasteiger charge is -2.42. The number of aromatic nitrogens is 3. The second-order valence-corrected chi connectivity index (χ2v) is 9.96. The molecule has 2 saturated heterocycles. The van der Waals surface area contributed by atoms with Crippen molar-refractivity contribution in [2.45, 2.75) is 82.6 Å². The third-order valence-electron chi connectivity index (χ3n) is 7.08. The van der Waals surface area contributed by atoms with Crippen LogP contribution in [0.3, 0.4) is 0 Å². The summed E-state index contributed by atoms with van der Waals surface area (Å²) in [5.41, 5.74) is 1.03. The molecule has 0 bridgehead atoms. The van der Waals surface area contributed by atoms with Crippen LogP contribution >= 0.6 is 0 Å². The van der Waals surface area contributed by atoms with Gasteiger partial charge in [0, 0.05) is 14.2 Å². The van der Waals surface area contributed by atoms with E-state index in [-0.39, 0.29) is 36.8 Å². The molecule has 11 nitrogen and oxygen atoms in total. The molecule has 1 aliphatic carbocycles. The second kappa shape index (κ2) is 9.27. The Bertz CT molecular complexity index is 955. The highest BCUT2D eigenvalue weighted by Gasteiger charge is 2.72. The van der Waals surface area contributed by atoms with E-state index in [4.69, 9.17) is 24.1 Å². The highest BCUT2D eigenvalue weighted by atomic mass is 16.6. The van der Waals surface area contributed by atoms with Gasteiger partial charge in [-0.3, -0.25) is 4.79 Å². The van der Waals surface area contributed by atoms with Gasteiger partial charge < -0.3 is 29.0 Å². The van der Waals surface area contributed by atoms with Crippen LogP contribution in [0.15, 0.2) is 17.8 Å². The summed E-state index contributed by atoms with van der Waals surface area (Å²) in [6.07, 6.45) is 4.70. The average Bonchev–Trinajstić information content (AvgIpc) is 3.63. The van der Waals surface area contributed by atoms with E-state index in [0.717, 1.165) is 12.8 Å². The molecule has 6 atom stereocenters. The van der Waals surface area contributed by atoms with Crippen LogP contribution in [0, 0.1) is 5.92 Å². The van der Waals surface area contributed by atoms with Crippen LogP contribution in [0.2, 0.25) is 0 Å². The largest absolute Gasteiger partial charge is 0.480 e. The predicted molar refractivity (Wildman–Crippen MR) is 119 cm³/mol. The number of nitrogens with zero attached hydrogens (tertiary/aromatic N) is 4. The van der Waals surface area contributed by atoms with Crippen LogP contribution < -0.4 is 0 Å². The molecule has 0 radical (unpaired) electrons. The summed E-state index contributed by atoms with van der Waals surface area (Å²) in [6, 6.07) is 0. The molecule has 2 aliphatic heterocycles. The van der Waals surface area contributed by atoms with Crippen LogP contribution in [0.5, 0.6) is 0 Å². The van der Waals surface area contributed by atoms with Gasteiger partial charge in [0.05, 0.1) is 31.4 Å². The number of amides is 1. The maximum absolute atomic E-state index is 12.9. The van der Waals surface area contributed by atoms with Crippen molar-refractivity contribution in [3.8, 4) is 0 Å². The Morgan fingerprint density at radius 2 is 2.15 bits per heavy atom. The fourth-order valence-electron chi connectivity index (χ4n) is 5.22. The molecule has 4 rings (SSSR count). The maximum Gasteiger partial charge on any atom is 0.410 e. The quantitative estimate of drug-likeness (QED) is 0.418. The van der Waals surface area contributed by atoms with Gasteiger partial charge in [0.1, 0.15) is 35.6 Å². The number of rotatable bonds is 9. The normalized spacial score (nSPS) is 33.9. The number of carbonyl (C=O) groups excluding carboxylic acids is 1. The van der Waals surface area contributed by atoms with Gasteiger partial charge in [0.25, 0.3) is 0 Å². The first-order valence-corrected chi connectivity index (χ1v) is 11.6.